The number of imidazole rings is 1. The zero-order valence-electron chi connectivity index (χ0n) is 10.0. The van der Waals surface area contributed by atoms with Crippen LogP contribution in [-0.2, 0) is 17.1 Å². The molecular formula is C10H17N3O2S2. The molecule has 1 aliphatic rings. The van der Waals surface area contributed by atoms with Gasteiger partial charge < -0.3 is 4.57 Å². The van der Waals surface area contributed by atoms with Gasteiger partial charge in [-0.15, -0.1) is 11.8 Å². The number of thioether (sulfide) groups is 1. The molecule has 1 aliphatic heterocycles. The van der Waals surface area contributed by atoms with Crippen LogP contribution < -0.4 is 0 Å². The van der Waals surface area contributed by atoms with Crippen LogP contribution in [0.15, 0.2) is 17.6 Å². The van der Waals surface area contributed by atoms with Crippen molar-refractivity contribution < 1.29 is 8.42 Å². The molecule has 1 atom stereocenters. The molecule has 0 bridgehead atoms. The Bertz CT molecular complexity index is 483. The van der Waals surface area contributed by atoms with Crippen molar-refractivity contribution in [1.29, 1.82) is 0 Å². The molecule has 1 aromatic rings. The molecule has 0 saturated carbocycles. The molecule has 0 spiro atoms. The van der Waals surface area contributed by atoms with E-state index in [4.69, 9.17) is 0 Å². The molecule has 0 N–H and O–H groups in total. The topological polar surface area (TPSA) is 55.2 Å². The van der Waals surface area contributed by atoms with Gasteiger partial charge in [0, 0.05) is 25.5 Å². The highest BCUT2D eigenvalue weighted by atomic mass is 32.2. The summed E-state index contributed by atoms with van der Waals surface area (Å²) < 4.78 is 28.0. The number of sulfonamides is 1. The van der Waals surface area contributed by atoms with Gasteiger partial charge in [-0.25, -0.2) is 13.4 Å². The number of rotatable bonds is 4. The summed E-state index contributed by atoms with van der Waals surface area (Å²) in [5.41, 5.74) is 0. The molecule has 1 unspecified atom stereocenters. The smallest absolute Gasteiger partial charge is 0.263 e. The largest absolute Gasteiger partial charge is 0.339 e. The lowest BCUT2D eigenvalue weighted by Gasteiger charge is -2.21. The molecule has 5 nitrogen and oxygen atoms in total. The van der Waals surface area contributed by atoms with E-state index in [1.807, 2.05) is 0 Å². The molecule has 2 rings (SSSR count). The Balaban J connectivity index is 2.26. The van der Waals surface area contributed by atoms with E-state index in [0.717, 1.165) is 18.6 Å². The van der Waals surface area contributed by atoms with Gasteiger partial charge >= 0.3 is 0 Å². The second-order valence-corrected chi connectivity index (χ2v) is 7.23. The van der Waals surface area contributed by atoms with Gasteiger partial charge in [0.1, 0.15) is 0 Å². The van der Waals surface area contributed by atoms with Crippen LogP contribution in [0.5, 0.6) is 0 Å². The van der Waals surface area contributed by atoms with Gasteiger partial charge in [0.2, 0.25) is 0 Å². The SMILES string of the molecule is CCCC1SCCN1S(=O)(=O)c1cn(C)cn1. The zero-order valence-corrected chi connectivity index (χ0v) is 11.7. The monoisotopic (exact) mass is 275 g/mol. The van der Waals surface area contributed by atoms with Crippen LogP contribution in [0, 0.1) is 0 Å². The predicted octanol–water partition coefficient (Wildman–Crippen LogP) is 1.28. The maximum Gasteiger partial charge on any atom is 0.263 e. The Labute approximate surface area is 106 Å². The predicted molar refractivity (Wildman–Crippen MR) is 68.3 cm³/mol. The highest BCUT2D eigenvalue weighted by Gasteiger charge is 2.36. The number of hydrogen-bond donors (Lipinski definition) is 0. The zero-order chi connectivity index (χ0) is 12.5. The third kappa shape index (κ3) is 2.51. The van der Waals surface area contributed by atoms with Crippen LogP contribution in [0.4, 0.5) is 0 Å². The van der Waals surface area contributed by atoms with E-state index in [2.05, 4.69) is 11.9 Å². The molecule has 1 aromatic heterocycles. The third-order valence-electron chi connectivity index (χ3n) is 2.73. The van der Waals surface area contributed by atoms with Crippen molar-refractivity contribution in [3.05, 3.63) is 12.5 Å². The molecule has 1 saturated heterocycles. The van der Waals surface area contributed by atoms with E-state index in [-0.39, 0.29) is 10.4 Å². The number of aryl methyl sites for hydroxylation is 1. The highest BCUT2D eigenvalue weighted by Crippen LogP contribution is 2.31. The fourth-order valence-corrected chi connectivity index (χ4v) is 5.25. The average Bonchev–Trinajstić information content (AvgIpc) is 2.87. The molecule has 7 heteroatoms. The Morgan fingerprint density at radius 2 is 2.35 bits per heavy atom. The van der Waals surface area contributed by atoms with Crippen LogP contribution in [0.3, 0.4) is 0 Å². The summed E-state index contributed by atoms with van der Waals surface area (Å²) in [7, 11) is -1.64. The molecule has 2 heterocycles. The molecule has 0 amide bonds. The molecule has 0 aliphatic carbocycles. The quantitative estimate of drug-likeness (QED) is 0.831. The first-order valence-electron chi connectivity index (χ1n) is 5.67. The van der Waals surface area contributed by atoms with Crippen LogP contribution >= 0.6 is 11.8 Å². The third-order valence-corrected chi connectivity index (χ3v) is 5.95. The van der Waals surface area contributed by atoms with E-state index in [0.29, 0.717) is 6.54 Å². The molecule has 0 aromatic carbocycles. The average molecular weight is 275 g/mol. The Morgan fingerprint density at radius 1 is 1.59 bits per heavy atom. The lowest BCUT2D eigenvalue weighted by atomic mass is 10.3. The van der Waals surface area contributed by atoms with Crippen molar-refractivity contribution in [2.24, 2.45) is 7.05 Å². The summed E-state index contributed by atoms with van der Waals surface area (Å²) in [6.07, 6.45) is 4.97. The van der Waals surface area contributed by atoms with Crippen LogP contribution in [0.25, 0.3) is 0 Å². The van der Waals surface area contributed by atoms with Gasteiger partial charge in [-0.3, -0.25) is 0 Å². The fourth-order valence-electron chi connectivity index (χ4n) is 1.90. The van der Waals surface area contributed by atoms with Gasteiger partial charge in [-0.05, 0) is 6.42 Å². The van der Waals surface area contributed by atoms with Crippen molar-refractivity contribution >= 4 is 21.8 Å². The van der Waals surface area contributed by atoms with Gasteiger partial charge in [-0.1, -0.05) is 13.3 Å². The summed E-state index contributed by atoms with van der Waals surface area (Å²) in [6.45, 7) is 2.67. The molecule has 17 heavy (non-hydrogen) atoms. The van der Waals surface area contributed by atoms with Crippen molar-refractivity contribution in [3.8, 4) is 0 Å². The minimum absolute atomic E-state index is 0.0759. The van der Waals surface area contributed by atoms with Gasteiger partial charge in [0.15, 0.2) is 5.03 Å². The Morgan fingerprint density at radius 3 is 2.94 bits per heavy atom. The summed E-state index contributed by atoms with van der Waals surface area (Å²) in [5, 5.41) is 0.232. The van der Waals surface area contributed by atoms with Crippen molar-refractivity contribution in [2.45, 2.75) is 30.2 Å². The number of aromatic nitrogens is 2. The van der Waals surface area contributed by atoms with E-state index in [9.17, 15) is 8.42 Å². The van der Waals surface area contributed by atoms with Crippen LogP contribution in [-0.4, -0.2) is 39.9 Å². The molecule has 1 fully saturated rings. The second kappa shape index (κ2) is 4.99. The van der Waals surface area contributed by atoms with Crippen LogP contribution in [0.1, 0.15) is 19.8 Å². The summed E-state index contributed by atoms with van der Waals surface area (Å²) >= 11 is 1.72. The number of hydrogen-bond acceptors (Lipinski definition) is 4. The fraction of sp³-hybridized carbons (Fsp3) is 0.700. The number of nitrogens with zero attached hydrogens (tertiary/aromatic N) is 3. The second-order valence-electron chi connectivity index (χ2n) is 4.11. The first kappa shape index (κ1) is 12.9. The van der Waals surface area contributed by atoms with E-state index in [1.54, 1.807) is 33.9 Å². The Hall–Kier alpha value is -0.530. The van der Waals surface area contributed by atoms with E-state index in [1.165, 1.54) is 6.33 Å². The van der Waals surface area contributed by atoms with Gasteiger partial charge in [0.05, 0.1) is 11.7 Å². The molecule has 96 valence electrons. The summed E-state index contributed by atoms with van der Waals surface area (Å²) in [6, 6.07) is 0. The van der Waals surface area contributed by atoms with Gasteiger partial charge in [-0.2, -0.15) is 4.31 Å². The maximum atomic E-state index is 12.4. The van der Waals surface area contributed by atoms with Crippen LogP contribution in [0.2, 0.25) is 0 Å². The van der Waals surface area contributed by atoms with Crippen molar-refractivity contribution in [3.63, 3.8) is 0 Å². The lowest BCUT2D eigenvalue weighted by Crippen LogP contribution is -2.35. The minimum atomic E-state index is -3.41. The van der Waals surface area contributed by atoms with E-state index >= 15 is 0 Å². The maximum absolute atomic E-state index is 12.4. The summed E-state index contributed by atoms with van der Waals surface area (Å²) in [5.74, 6) is 0.872. The molecular weight excluding hydrogens is 258 g/mol. The van der Waals surface area contributed by atoms with Crippen molar-refractivity contribution in [1.82, 2.24) is 13.9 Å². The van der Waals surface area contributed by atoms with Gasteiger partial charge in [0.25, 0.3) is 10.0 Å². The van der Waals surface area contributed by atoms with Crippen molar-refractivity contribution in [2.75, 3.05) is 12.3 Å². The standard InChI is InChI=1S/C10H17N3O2S2/c1-3-4-10-13(5-6-16-10)17(14,15)9-7-12(2)8-11-9/h7-8,10H,3-6H2,1-2H3. The summed E-state index contributed by atoms with van der Waals surface area (Å²) in [4.78, 5) is 3.95. The lowest BCUT2D eigenvalue weighted by molar-refractivity contribution is 0.410. The normalized spacial score (nSPS) is 22.1. The first-order chi connectivity index (χ1) is 8.05. The minimum Gasteiger partial charge on any atom is -0.339 e. The first-order valence-corrected chi connectivity index (χ1v) is 8.16. The highest BCUT2D eigenvalue weighted by molar-refractivity contribution is 8.01. The van der Waals surface area contributed by atoms with E-state index < -0.39 is 10.0 Å². The molecule has 0 radical (unpaired) electrons. The Kier molecular flexibility index (Phi) is 3.79.